The molecule has 0 bridgehead atoms. The summed E-state index contributed by atoms with van der Waals surface area (Å²) in [6.07, 6.45) is 7.63. The van der Waals surface area contributed by atoms with Crippen molar-refractivity contribution >= 4 is 5.82 Å². The summed E-state index contributed by atoms with van der Waals surface area (Å²) in [6, 6.07) is 9.25. The Morgan fingerprint density at radius 1 is 1.14 bits per heavy atom. The third-order valence-electron chi connectivity index (χ3n) is 3.28. The molecular weight excluding hydrogens is 281 g/mol. The van der Waals surface area contributed by atoms with Crippen molar-refractivity contribution in [3.63, 3.8) is 0 Å². The lowest BCUT2D eigenvalue weighted by Gasteiger charge is -2.09. The van der Waals surface area contributed by atoms with E-state index in [0.29, 0.717) is 12.2 Å². The number of nitrogens with one attached hydrogen (secondary N) is 1. The van der Waals surface area contributed by atoms with Crippen molar-refractivity contribution in [3.05, 3.63) is 61.2 Å². The van der Waals surface area contributed by atoms with Gasteiger partial charge in [-0.2, -0.15) is 0 Å². The zero-order valence-electron chi connectivity index (χ0n) is 12.0. The SMILES string of the molecule is Fc1c(NCCCn2ccnc2)ncnc1-c1ccccc1. The number of hydrogen-bond donors (Lipinski definition) is 1. The maximum atomic E-state index is 14.5. The number of hydrogen-bond acceptors (Lipinski definition) is 4. The molecular formula is C16H16FN5. The van der Waals surface area contributed by atoms with Gasteiger partial charge in [-0.15, -0.1) is 0 Å². The standard InChI is InChI=1S/C16H16FN5/c17-14-15(13-5-2-1-3-6-13)20-11-21-16(14)19-7-4-9-22-10-8-18-12-22/h1-3,5-6,8,10-12H,4,7,9H2,(H,19,20,21). The van der Waals surface area contributed by atoms with Crippen LogP contribution in [-0.2, 0) is 6.54 Å². The zero-order valence-corrected chi connectivity index (χ0v) is 12.0. The maximum absolute atomic E-state index is 14.5. The van der Waals surface area contributed by atoms with Gasteiger partial charge < -0.3 is 9.88 Å². The molecule has 112 valence electrons. The molecule has 0 radical (unpaired) electrons. The Morgan fingerprint density at radius 2 is 2.00 bits per heavy atom. The Bertz CT molecular complexity index is 713. The van der Waals surface area contributed by atoms with Crippen molar-refractivity contribution in [1.82, 2.24) is 19.5 Å². The first-order valence-corrected chi connectivity index (χ1v) is 7.10. The van der Waals surface area contributed by atoms with Gasteiger partial charge in [-0.1, -0.05) is 30.3 Å². The quantitative estimate of drug-likeness (QED) is 0.711. The summed E-state index contributed by atoms with van der Waals surface area (Å²) in [5.74, 6) is -0.184. The predicted molar refractivity (Wildman–Crippen MR) is 82.8 cm³/mol. The molecule has 6 heteroatoms. The van der Waals surface area contributed by atoms with Gasteiger partial charge in [-0.3, -0.25) is 0 Å². The highest BCUT2D eigenvalue weighted by atomic mass is 19.1. The molecule has 2 aromatic heterocycles. The molecule has 1 N–H and O–H groups in total. The molecule has 0 saturated heterocycles. The first-order valence-electron chi connectivity index (χ1n) is 7.10. The first kappa shape index (κ1) is 14.2. The summed E-state index contributed by atoms with van der Waals surface area (Å²) >= 11 is 0. The fourth-order valence-corrected chi connectivity index (χ4v) is 2.18. The van der Waals surface area contributed by atoms with Gasteiger partial charge in [-0.25, -0.2) is 19.3 Å². The Kier molecular flexibility index (Phi) is 4.38. The average molecular weight is 297 g/mol. The predicted octanol–water partition coefficient (Wildman–Crippen LogP) is 2.98. The normalized spacial score (nSPS) is 10.6. The fraction of sp³-hybridized carbons (Fsp3) is 0.188. The molecule has 0 saturated carbocycles. The number of halogens is 1. The van der Waals surface area contributed by atoms with Crippen molar-refractivity contribution in [1.29, 1.82) is 0 Å². The van der Waals surface area contributed by atoms with Gasteiger partial charge in [-0.05, 0) is 6.42 Å². The van der Waals surface area contributed by atoms with Crippen LogP contribution < -0.4 is 5.32 Å². The van der Waals surface area contributed by atoms with Crippen LogP contribution in [0.4, 0.5) is 10.2 Å². The molecule has 1 aromatic carbocycles. The molecule has 0 spiro atoms. The highest BCUT2D eigenvalue weighted by Crippen LogP contribution is 2.23. The minimum Gasteiger partial charge on any atom is -0.367 e. The van der Waals surface area contributed by atoms with Gasteiger partial charge in [0, 0.05) is 31.0 Å². The van der Waals surface area contributed by atoms with Gasteiger partial charge in [0.15, 0.2) is 11.6 Å². The summed E-state index contributed by atoms with van der Waals surface area (Å²) in [4.78, 5) is 12.0. The van der Waals surface area contributed by atoms with Crippen LogP contribution in [0.1, 0.15) is 6.42 Å². The molecule has 0 atom stereocenters. The number of anilines is 1. The first-order chi connectivity index (χ1) is 10.8. The van der Waals surface area contributed by atoms with Crippen molar-refractivity contribution in [2.45, 2.75) is 13.0 Å². The Balaban J connectivity index is 1.64. The van der Waals surface area contributed by atoms with Crippen LogP contribution in [0.2, 0.25) is 0 Å². The average Bonchev–Trinajstić information content (AvgIpc) is 3.07. The minimum atomic E-state index is -0.420. The molecule has 0 amide bonds. The maximum Gasteiger partial charge on any atom is 0.191 e. The van der Waals surface area contributed by atoms with Crippen LogP contribution in [0.3, 0.4) is 0 Å². The van der Waals surface area contributed by atoms with E-state index in [1.54, 1.807) is 12.5 Å². The van der Waals surface area contributed by atoms with E-state index in [0.717, 1.165) is 18.5 Å². The molecule has 3 aromatic rings. The molecule has 22 heavy (non-hydrogen) atoms. The highest BCUT2D eigenvalue weighted by molar-refractivity contribution is 5.63. The van der Waals surface area contributed by atoms with Gasteiger partial charge >= 0.3 is 0 Å². The summed E-state index contributed by atoms with van der Waals surface area (Å²) < 4.78 is 16.4. The van der Waals surface area contributed by atoms with Gasteiger partial charge in [0.25, 0.3) is 0 Å². The molecule has 0 unspecified atom stereocenters. The van der Waals surface area contributed by atoms with Crippen LogP contribution in [0, 0.1) is 5.82 Å². The van der Waals surface area contributed by atoms with Crippen LogP contribution >= 0.6 is 0 Å². The molecule has 0 aliphatic rings. The van der Waals surface area contributed by atoms with E-state index in [9.17, 15) is 4.39 Å². The lowest BCUT2D eigenvalue weighted by atomic mass is 10.1. The summed E-state index contributed by atoms with van der Waals surface area (Å²) in [5, 5.41) is 3.03. The summed E-state index contributed by atoms with van der Waals surface area (Å²) in [6.45, 7) is 1.45. The second-order valence-electron chi connectivity index (χ2n) is 4.83. The topological polar surface area (TPSA) is 55.6 Å². The molecule has 5 nitrogen and oxygen atoms in total. The van der Waals surface area contributed by atoms with E-state index < -0.39 is 5.82 Å². The molecule has 0 fully saturated rings. The van der Waals surface area contributed by atoms with Crippen molar-refractivity contribution in [2.75, 3.05) is 11.9 Å². The lowest BCUT2D eigenvalue weighted by Crippen LogP contribution is -2.09. The van der Waals surface area contributed by atoms with Gasteiger partial charge in [0.2, 0.25) is 0 Å². The molecule has 3 rings (SSSR count). The largest absolute Gasteiger partial charge is 0.367 e. The molecule has 2 heterocycles. The van der Waals surface area contributed by atoms with Gasteiger partial charge in [0.05, 0.1) is 6.33 Å². The number of imidazole rings is 1. The second-order valence-corrected chi connectivity index (χ2v) is 4.83. The Hall–Kier alpha value is -2.76. The van der Waals surface area contributed by atoms with E-state index in [1.807, 2.05) is 41.1 Å². The Labute approximate surface area is 127 Å². The minimum absolute atomic E-state index is 0.236. The molecule has 0 aliphatic carbocycles. The van der Waals surface area contributed by atoms with Crippen LogP contribution in [0.15, 0.2) is 55.4 Å². The van der Waals surface area contributed by atoms with Crippen molar-refractivity contribution in [3.8, 4) is 11.3 Å². The number of aromatic nitrogens is 4. The van der Waals surface area contributed by atoms with Crippen LogP contribution in [0.5, 0.6) is 0 Å². The lowest BCUT2D eigenvalue weighted by molar-refractivity contribution is 0.616. The van der Waals surface area contributed by atoms with Crippen molar-refractivity contribution < 1.29 is 4.39 Å². The highest BCUT2D eigenvalue weighted by Gasteiger charge is 2.12. The van der Waals surface area contributed by atoms with E-state index in [4.69, 9.17) is 0 Å². The number of rotatable bonds is 6. The van der Waals surface area contributed by atoms with Gasteiger partial charge in [0.1, 0.15) is 12.0 Å². The van der Waals surface area contributed by atoms with Crippen LogP contribution in [0.25, 0.3) is 11.3 Å². The number of nitrogens with zero attached hydrogens (tertiary/aromatic N) is 4. The van der Waals surface area contributed by atoms with Crippen LogP contribution in [-0.4, -0.2) is 26.1 Å². The number of aryl methyl sites for hydroxylation is 1. The van der Waals surface area contributed by atoms with E-state index in [1.165, 1.54) is 6.33 Å². The smallest absolute Gasteiger partial charge is 0.191 e. The summed E-state index contributed by atoms with van der Waals surface area (Å²) in [7, 11) is 0. The monoisotopic (exact) mass is 297 g/mol. The third-order valence-corrected chi connectivity index (χ3v) is 3.28. The van der Waals surface area contributed by atoms with E-state index >= 15 is 0 Å². The Morgan fingerprint density at radius 3 is 2.77 bits per heavy atom. The number of benzene rings is 1. The van der Waals surface area contributed by atoms with E-state index in [-0.39, 0.29) is 5.82 Å². The fourth-order valence-electron chi connectivity index (χ4n) is 2.18. The van der Waals surface area contributed by atoms with Crippen molar-refractivity contribution in [2.24, 2.45) is 0 Å². The molecule has 0 aliphatic heterocycles. The van der Waals surface area contributed by atoms with E-state index in [2.05, 4.69) is 20.3 Å². The second kappa shape index (κ2) is 6.80. The third kappa shape index (κ3) is 3.28. The summed E-state index contributed by atoms with van der Waals surface area (Å²) in [5.41, 5.74) is 1.05. The zero-order chi connectivity index (χ0) is 15.2.